The lowest BCUT2D eigenvalue weighted by Crippen LogP contribution is -2.52. The van der Waals surface area contributed by atoms with Gasteiger partial charge in [-0.3, -0.25) is 14.6 Å². The van der Waals surface area contributed by atoms with Crippen LogP contribution < -0.4 is 0 Å². The average Bonchev–Trinajstić information content (AvgIpc) is 3.36. The number of carboxylic acids is 1. The van der Waals surface area contributed by atoms with E-state index in [4.69, 9.17) is 9.90 Å². The molecule has 12 heteroatoms. The number of fused-ring (bicyclic) bond motifs is 1. The fraction of sp³-hybridized carbons (Fsp3) is 0.450. The summed E-state index contributed by atoms with van der Waals surface area (Å²) in [6.45, 7) is 3.18. The molecule has 2 atom stereocenters. The van der Waals surface area contributed by atoms with Gasteiger partial charge >= 0.3 is 12.1 Å². The van der Waals surface area contributed by atoms with Crippen LogP contribution in [0.2, 0.25) is 0 Å². The Morgan fingerprint density at radius 1 is 1.25 bits per heavy atom. The third kappa shape index (κ3) is 5.42. The number of alkyl halides is 3. The smallest absolute Gasteiger partial charge is 0.475 e. The molecule has 32 heavy (non-hydrogen) atoms. The first-order chi connectivity index (χ1) is 15.1. The molecule has 172 valence electrons. The van der Waals surface area contributed by atoms with Gasteiger partial charge in [0.2, 0.25) is 5.91 Å². The maximum Gasteiger partial charge on any atom is 0.490 e. The quantitative estimate of drug-likeness (QED) is 0.740. The standard InChI is InChI=1S/C18H20N4O2S.C2HF3O2/c1-12-20-13(11-25-12)10-22-16-7-9-21(15(16)5-6-17(22)23)18(24)14-4-2-3-8-19-14;3-2(4,5)1(6)7/h2-4,8,11,15-16H,5-7,9-10H2,1H3;(H,6,7)/t15-,16-;/m1./s1. The number of nitrogens with zero attached hydrogens (tertiary/aromatic N) is 4. The van der Waals surface area contributed by atoms with Gasteiger partial charge in [-0.15, -0.1) is 11.3 Å². The van der Waals surface area contributed by atoms with Gasteiger partial charge in [0.05, 0.1) is 29.3 Å². The van der Waals surface area contributed by atoms with Crippen molar-refractivity contribution in [3.8, 4) is 0 Å². The minimum Gasteiger partial charge on any atom is -0.475 e. The number of likely N-dealkylation sites (tertiary alicyclic amines) is 2. The number of carbonyl (C=O) groups is 3. The van der Waals surface area contributed by atoms with Gasteiger partial charge in [-0.1, -0.05) is 6.07 Å². The Morgan fingerprint density at radius 3 is 2.53 bits per heavy atom. The molecule has 0 aromatic carbocycles. The summed E-state index contributed by atoms with van der Waals surface area (Å²) in [5.74, 6) is -2.63. The third-order valence-corrected chi connectivity index (χ3v) is 6.09. The fourth-order valence-corrected chi connectivity index (χ4v) is 4.50. The van der Waals surface area contributed by atoms with Gasteiger partial charge in [0, 0.05) is 24.5 Å². The van der Waals surface area contributed by atoms with Crippen molar-refractivity contribution in [3.63, 3.8) is 0 Å². The summed E-state index contributed by atoms with van der Waals surface area (Å²) in [5, 5.41) is 10.1. The Bertz CT molecular complexity index is 983. The number of thiazole rings is 1. The molecule has 2 saturated heterocycles. The van der Waals surface area contributed by atoms with Crippen LogP contribution in [0.5, 0.6) is 0 Å². The van der Waals surface area contributed by atoms with Gasteiger partial charge in [-0.25, -0.2) is 9.78 Å². The van der Waals surface area contributed by atoms with E-state index in [2.05, 4.69) is 9.97 Å². The Kier molecular flexibility index (Phi) is 7.12. The summed E-state index contributed by atoms with van der Waals surface area (Å²) in [6, 6.07) is 5.54. The first-order valence-electron chi connectivity index (χ1n) is 9.80. The molecule has 0 radical (unpaired) electrons. The van der Waals surface area contributed by atoms with E-state index in [9.17, 15) is 22.8 Å². The van der Waals surface area contributed by atoms with Crippen LogP contribution >= 0.6 is 11.3 Å². The second-order valence-corrected chi connectivity index (χ2v) is 8.42. The molecule has 0 aliphatic carbocycles. The fourth-order valence-electron chi connectivity index (χ4n) is 3.90. The Morgan fingerprint density at radius 2 is 1.97 bits per heavy atom. The van der Waals surface area contributed by atoms with E-state index in [1.807, 2.05) is 28.2 Å². The number of carboxylic acid groups (broad SMARTS) is 1. The van der Waals surface area contributed by atoms with Gasteiger partial charge in [0.15, 0.2) is 0 Å². The van der Waals surface area contributed by atoms with E-state index in [1.54, 1.807) is 29.7 Å². The second kappa shape index (κ2) is 9.63. The Balaban J connectivity index is 0.000000360. The molecule has 2 aromatic heterocycles. The van der Waals surface area contributed by atoms with Crippen LogP contribution in [0.4, 0.5) is 13.2 Å². The zero-order valence-corrected chi connectivity index (χ0v) is 17.9. The lowest BCUT2D eigenvalue weighted by atomic mass is 9.96. The second-order valence-electron chi connectivity index (χ2n) is 7.36. The first kappa shape index (κ1) is 23.6. The van der Waals surface area contributed by atoms with Crippen LogP contribution in [0.1, 0.15) is 40.5 Å². The van der Waals surface area contributed by atoms with E-state index in [-0.39, 0.29) is 23.9 Å². The van der Waals surface area contributed by atoms with Crippen molar-refractivity contribution in [2.24, 2.45) is 0 Å². The van der Waals surface area contributed by atoms with Crippen molar-refractivity contribution in [1.29, 1.82) is 0 Å². The Hall–Kier alpha value is -3.02. The zero-order valence-electron chi connectivity index (χ0n) is 17.1. The predicted molar refractivity (Wildman–Crippen MR) is 108 cm³/mol. The van der Waals surface area contributed by atoms with Crippen molar-refractivity contribution in [3.05, 3.63) is 46.2 Å². The molecule has 2 aromatic rings. The molecule has 2 aliphatic heterocycles. The van der Waals surface area contributed by atoms with E-state index in [1.165, 1.54) is 0 Å². The molecule has 1 N–H and O–H groups in total. The highest BCUT2D eigenvalue weighted by Gasteiger charge is 2.45. The average molecular weight is 470 g/mol. The zero-order chi connectivity index (χ0) is 23.5. The molecule has 8 nitrogen and oxygen atoms in total. The highest BCUT2D eigenvalue weighted by atomic mass is 32.1. The Labute approximate surface area is 185 Å². The summed E-state index contributed by atoms with van der Waals surface area (Å²) in [5.41, 5.74) is 1.41. The highest BCUT2D eigenvalue weighted by molar-refractivity contribution is 7.09. The molecule has 0 unspecified atom stereocenters. The highest BCUT2D eigenvalue weighted by Crippen LogP contribution is 2.33. The molecule has 0 spiro atoms. The normalized spacial score (nSPS) is 20.4. The van der Waals surface area contributed by atoms with Crippen LogP contribution in [-0.4, -0.2) is 67.5 Å². The first-order valence-corrected chi connectivity index (χ1v) is 10.7. The lowest BCUT2D eigenvalue weighted by Gasteiger charge is -2.39. The molecule has 4 heterocycles. The van der Waals surface area contributed by atoms with Gasteiger partial charge in [-0.2, -0.15) is 13.2 Å². The number of amides is 2. The van der Waals surface area contributed by atoms with E-state index >= 15 is 0 Å². The number of aromatic nitrogens is 2. The number of aryl methyl sites for hydroxylation is 1. The van der Waals surface area contributed by atoms with Crippen molar-refractivity contribution in [2.75, 3.05) is 6.54 Å². The number of piperidine rings is 1. The number of hydrogen-bond donors (Lipinski definition) is 1. The summed E-state index contributed by atoms with van der Waals surface area (Å²) < 4.78 is 31.7. The maximum atomic E-state index is 12.8. The number of rotatable bonds is 3. The largest absolute Gasteiger partial charge is 0.490 e. The minimum atomic E-state index is -5.08. The number of aliphatic carboxylic acids is 1. The van der Waals surface area contributed by atoms with Crippen molar-refractivity contribution >= 4 is 29.1 Å². The maximum absolute atomic E-state index is 12.8. The SMILES string of the molecule is Cc1nc(CN2C(=O)CC[C@@H]3[C@H]2CCN3C(=O)c2ccccn2)cs1.O=C(O)C(F)(F)F. The molecular formula is C20H21F3N4O4S. The molecule has 0 bridgehead atoms. The molecule has 2 fully saturated rings. The molecule has 2 aliphatic rings. The van der Waals surface area contributed by atoms with Gasteiger partial charge < -0.3 is 14.9 Å². The van der Waals surface area contributed by atoms with E-state index in [0.29, 0.717) is 25.2 Å². The molecule has 0 saturated carbocycles. The summed E-state index contributed by atoms with van der Waals surface area (Å²) in [7, 11) is 0. The van der Waals surface area contributed by atoms with Crippen LogP contribution in [0.15, 0.2) is 29.8 Å². The van der Waals surface area contributed by atoms with Crippen LogP contribution in [0.25, 0.3) is 0 Å². The van der Waals surface area contributed by atoms with Crippen LogP contribution in [0.3, 0.4) is 0 Å². The van der Waals surface area contributed by atoms with Gasteiger partial charge in [0.25, 0.3) is 5.91 Å². The molecule has 2 amide bonds. The third-order valence-electron chi connectivity index (χ3n) is 5.27. The number of pyridine rings is 1. The molecular weight excluding hydrogens is 449 g/mol. The van der Waals surface area contributed by atoms with Crippen molar-refractivity contribution in [1.82, 2.24) is 19.8 Å². The van der Waals surface area contributed by atoms with E-state index < -0.39 is 12.1 Å². The predicted octanol–water partition coefficient (Wildman–Crippen LogP) is 2.89. The monoisotopic (exact) mass is 470 g/mol. The summed E-state index contributed by atoms with van der Waals surface area (Å²) >= 11 is 1.60. The van der Waals surface area contributed by atoms with E-state index in [0.717, 1.165) is 23.5 Å². The van der Waals surface area contributed by atoms with Crippen molar-refractivity contribution < 1.29 is 32.7 Å². The van der Waals surface area contributed by atoms with Crippen LogP contribution in [-0.2, 0) is 16.1 Å². The lowest BCUT2D eigenvalue weighted by molar-refractivity contribution is -0.192. The van der Waals surface area contributed by atoms with Crippen molar-refractivity contribution in [2.45, 2.75) is 51.0 Å². The topological polar surface area (TPSA) is 104 Å². The number of carbonyl (C=O) groups excluding carboxylic acids is 2. The minimum absolute atomic E-state index is 0.0353. The summed E-state index contributed by atoms with van der Waals surface area (Å²) in [4.78, 5) is 46.7. The molecule has 4 rings (SSSR count). The van der Waals surface area contributed by atoms with Crippen LogP contribution in [0, 0.1) is 6.92 Å². The number of hydrogen-bond acceptors (Lipinski definition) is 6. The van der Waals surface area contributed by atoms with Gasteiger partial charge in [0.1, 0.15) is 5.69 Å². The summed E-state index contributed by atoms with van der Waals surface area (Å²) in [6.07, 6.45) is -1.41. The number of halogens is 3. The van der Waals surface area contributed by atoms with Gasteiger partial charge in [-0.05, 0) is 31.9 Å².